The highest BCUT2D eigenvalue weighted by molar-refractivity contribution is 7.86. The number of aryl methyl sites for hydroxylation is 1. The van der Waals surface area contributed by atoms with Gasteiger partial charge in [0.2, 0.25) is 17.7 Å². The number of hydrogen-bond acceptors (Lipinski definition) is 4. The van der Waals surface area contributed by atoms with Crippen LogP contribution in [0.3, 0.4) is 0 Å². The normalized spacial score (nSPS) is 12.6. The van der Waals surface area contributed by atoms with Gasteiger partial charge in [0.1, 0.15) is 18.1 Å². The van der Waals surface area contributed by atoms with Crippen LogP contribution in [-0.4, -0.2) is 45.5 Å². The summed E-state index contributed by atoms with van der Waals surface area (Å²) in [6.07, 6.45) is -4.80. The molecule has 0 saturated carbocycles. The van der Waals surface area contributed by atoms with E-state index < -0.39 is 68.9 Å². The molecule has 0 fully saturated rings. The van der Waals surface area contributed by atoms with Gasteiger partial charge in [-0.2, -0.15) is 13.2 Å². The molecule has 2 N–H and O–H groups in total. The first-order valence-electron chi connectivity index (χ1n) is 10.7. The van der Waals surface area contributed by atoms with Crippen molar-refractivity contribution in [3.8, 4) is 0 Å². The first-order valence-corrected chi connectivity index (χ1v) is 12.6. The van der Waals surface area contributed by atoms with Crippen molar-refractivity contribution in [1.29, 1.82) is 0 Å². The van der Waals surface area contributed by atoms with E-state index in [0.717, 1.165) is 22.6 Å². The van der Waals surface area contributed by atoms with Gasteiger partial charge in [-0.3, -0.25) is 18.6 Å². The van der Waals surface area contributed by atoms with E-state index >= 15 is 0 Å². The standard InChI is InChI=1S/C24H27ClF3N3O4S/c1-15-5-7-16(8-6-15)29-21(33)13-36(35)14-22(34)31(12-20(32)30-23(2,3)4)17-9-10-19(25)18(11-17)24(26,27)28/h5-11H,12-14H2,1-4H3,(H,29,33)(H,30,32)/t36-/m0/s1. The maximum absolute atomic E-state index is 13.4. The van der Waals surface area contributed by atoms with Crippen molar-refractivity contribution >= 4 is 51.5 Å². The fourth-order valence-electron chi connectivity index (χ4n) is 3.07. The second-order valence-corrected chi connectivity index (χ2v) is 10.9. The van der Waals surface area contributed by atoms with E-state index in [1.54, 1.807) is 45.0 Å². The molecule has 0 spiro atoms. The molecule has 0 aliphatic carbocycles. The fourth-order valence-corrected chi connectivity index (χ4v) is 4.19. The molecule has 2 aromatic rings. The average molecular weight is 546 g/mol. The Morgan fingerprint density at radius 3 is 2.14 bits per heavy atom. The predicted molar refractivity (Wildman–Crippen MR) is 134 cm³/mol. The lowest BCUT2D eigenvalue weighted by Crippen LogP contribution is -2.48. The molecular formula is C24H27ClF3N3O4S. The SMILES string of the molecule is Cc1ccc(NC(=O)C[S@](=O)CC(=O)N(CC(=O)NC(C)(C)C)c2ccc(Cl)c(C(F)(F)F)c2)cc1. The van der Waals surface area contributed by atoms with Crippen LogP contribution in [0.4, 0.5) is 24.5 Å². The van der Waals surface area contributed by atoms with Crippen molar-refractivity contribution in [2.75, 3.05) is 28.3 Å². The van der Waals surface area contributed by atoms with Crippen molar-refractivity contribution in [3.05, 3.63) is 58.6 Å². The van der Waals surface area contributed by atoms with Gasteiger partial charge in [-0.05, 0) is 58.0 Å². The highest BCUT2D eigenvalue weighted by Gasteiger charge is 2.34. The van der Waals surface area contributed by atoms with Crippen LogP contribution in [0.25, 0.3) is 0 Å². The number of nitrogens with zero attached hydrogens (tertiary/aromatic N) is 1. The Bertz CT molecular complexity index is 1150. The second-order valence-electron chi connectivity index (χ2n) is 9.08. The van der Waals surface area contributed by atoms with Crippen molar-refractivity contribution in [2.45, 2.75) is 39.4 Å². The lowest BCUT2D eigenvalue weighted by Gasteiger charge is -2.26. The summed E-state index contributed by atoms with van der Waals surface area (Å²) in [4.78, 5) is 38.5. The number of hydrogen-bond donors (Lipinski definition) is 2. The molecule has 0 aliphatic rings. The molecule has 0 heterocycles. The lowest BCUT2D eigenvalue weighted by atomic mass is 10.1. The van der Waals surface area contributed by atoms with Crippen LogP contribution in [0, 0.1) is 6.92 Å². The van der Waals surface area contributed by atoms with Crippen LogP contribution in [-0.2, 0) is 31.4 Å². The third-order valence-corrected chi connectivity index (χ3v) is 6.08. The summed E-state index contributed by atoms with van der Waals surface area (Å²) in [5, 5.41) is 4.61. The first-order chi connectivity index (χ1) is 16.5. The van der Waals surface area contributed by atoms with Gasteiger partial charge in [-0.25, -0.2) is 0 Å². The van der Waals surface area contributed by atoms with E-state index in [2.05, 4.69) is 10.6 Å². The van der Waals surface area contributed by atoms with E-state index in [1.807, 2.05) is 6.92 Å². The lowest BCUT2D eigenvalue weighted by molar-refractivity contribution is -0.137. The molecular weight excluding hydrogens is 519 g/mol. The molecule has 2 rings (SSSR count). The highest BCUT2D eigenvalue weighted by atomic mass is 35.5. The number of amides is 3. The number of benzene rings is 2. The quantitative estimate of drug-likeness (QED) is 0.517. The number of nitrogens with one attached hydrogen (secondary N) is 2. The largest absolute Gasteiger partial charge is 0.417 e. The van der Waals surface area contributed by atoms with Crippen LogP contribution in [0.5, 0.6) is 0 Å². The molecule has 3 amide bonds. The zero-order chi connectivity index (χ0) is 27.3. The van der Waals surface area contributed by atoms with Crippen molar-refractivity contribution in [3.63, 3.8) is 0 Å². The van der Waals surface area contributed by atoms with Gasteiger partial charge < -0.3 is 15.5 Å². The third-order valence-electron chi connectivity index (χ3n) is 4.60. The molecule has 0 saturated heterocycles. The Labute approximate surface area is 214 Å². The van der Waals surface area contributed by atoms with Gasteiger partial charge in [0.25, 0.3) is 0 Å². The monoisotopic (exact) mass is 545 g/mol. The Morgan fingerprint density at radius 1 is 0.972 bits per heavy atom. The minimum absolute atomic E-state index is 0.248. The topological polar surface area (TPSA) is 95.6 Å². The third kappa shape index (κ3) is 9.27. The fraction of sp³-hybridized carbons (Fsp3) is 0.375. The number of anilines is 2. The van der Waals surface area contributed by atoms with Gasteiger partial charge in [0.15, 0.2) is 0 Å². The zero-order valence-electron chi connectivity index (χ0n) is 20.2. The molecule has 0 radical (unpaired) electrons. The molecule has 36 heavy (non-hydrogen) atoms. The Kier molecular flexibility index (Phi) is 9.67. The molecule has 0 unspecified atom stereocenters. The molecule has 196 valence electrons. The smallest absolute Gasteiger partial charge is 0.350 e. The number of carbonyl (C=O) groups is 3. The van der Waals surface area contributed by atoms with Crippen molar-refractivity contribution in [1.82, 2.24) is 5.32 Å². The summed E-state index contributed by atoms with van der Waals surface area (Å²) in [5.74, 6) is -3.34. The van der Waals surface area contributed by atoms with Crippen LogP contribution in [0.2, 0.25) is 5.02 Å². The van der Waals surface area contributed by atoms with E-state index in [4.69, 9.17) is 11.6 Å². The molecule has 1 atom stereocenters. The summed E-state index contributed by atoms with van der Waals surface area (Å²) in [5.41, 5.74) is -0.639. The summed E-state index contributed by atoms with van der Waals surface area (Å²) in [6, 6.07) is 9.65. The van der Waals surface area contributed by atoms with E-state index in [0.29, 0.717) is 11.8 Å². The van der Waals surface area contributed by atoms with Crippen LogP contribution < -0.4 is 15.5 Å². The van der Waals surface area contributed by atoms with Crippen molar-refractivity contribution in [2.24, 2.45) is 0 Å². The predicted octanol–water partition coefficient (Wildman–Crippen LogP) is 4.30. The molecule has 0 aliphatic heterocycles. The second kappa shape index (κ2) is 11.9. The molecule has 7 nitrogen and oxygen atoms in total. The first kappa shape index (κ1) is 29.3. The van der Waals surface area contributed by atoms with Gasteiger partial charge in [-0.15, -0.1) is 0 Å². The zero-order valence-corrected chi connectivity index (χ0v) is 21.7. The highest BCUT2D eigenvalue weighted by Crippen LogP contribution is 2.37. The minimum atomic E-state index is -4.80. The van der Waals surface area contributed by atoms with Crippen LogP contribution in [0.1, 0.15) is 31.9 Å². The average Bonchev–Trinajstić information content (AvgIpc) is 2.72. The molecule has 12 heteroatoms. The Hall–Kier alpha value is -2.92. The summed E-state index contributed by atoms with van der Waals surface area (Å²) in [6.45, 7) is 6.34. The molecule has 0 bridgehead atoms. The number of halogens is 4. The van der Waals surface area contributed by atoms with Gasteiger partial charge in [0.05, 0.1) is 10.6 Å². The van der Waals surface area contributed by atoms with Gasteiger partial charge >= 0.3 is 6.18 Å². The molecule has 2 aromatic carbocycles. The van der Waals surface area contributed by atoms with E-state index in [9.17, 15) is 31.8 Å². The Balaban J connectivity index is 2.21. The number of carbonyl (C=O) groups excluding carboxylic acids is 3. The van der Waals surface area contributed by atoms with E-state index in [1.165, 1.54) is 0 Å². The summed E-state index contributed by atoms with van der Waals surface area (Å²) in [7, 11) is -2.00. The van der Waals surface area contributed by atoms with Gasteiger partial charge in [-0.1, -0.05) is 29.3 Å². The van der Waals surface area contributed by atoms with E-state index in [-0.39, 0.29) is 5.69 Å². The Morgan fingerprint density at radius 2 is 1.58 bits per heavy atom. The summed E-state index contributed by atoms with van der Waals surface area (Å²) >= 11 is 5.68. The van der Waals surface area contributed by atoms with Gasteiger partial charge in [0, 0.05) is 27.7 Å². The minimum Gasteiger partial charge on any atom is -0.350 e. The maximum Gasteiger partial charge on any atom is 0.417 e. The van der Waals surface area contributed by atoms with Crippen LogP contribution >= 0.6 is 11.6 Å². The molecule has 0 aromatic heterocycles. The van der Waals surface area contributed by atoms with Crippen molar-refractivity contribution < 1.29 is 31.8 Å². The maximum atomic E-state index is 13.4. The summed E-state index contributed by atoms with van der Waals surface area (Å²) < 4.78 is 52.7. The van der Waals surface area contributed by atoms with Crippen LogP contribution in [0.15, 0.2) is 42.5 Å². The number of alkyl halides is 3. The number of rotatable bonds is 8.